The van der Waals surface area contributed by atoms with Gasteiger partial charge in [0.15, 0.2) is 0 Å². The fraction of sp³-hybridized carbons (Fsp3) is 0.292. The van der Waals surface area contributed by atoms with Crippen LogP contribution in [0.3, 0.4) is 0 Å². The summed E-state index contributed by atoms with van der Waals surface area (Å²) in [7, 11) is 12.3. The molecule has 0 amide bonds. The Morgan fingerprint density at radius 3 is 2.62 bits per heavy atom. The van der Waals surface area contributed by atoms with Gasteiger partial charge in [0, 0.05) is 49.4 Å². The Kier molecular flexibility index (Phi) is 5.95. The van der Waals surface area contributed by atoms with Crippen molar-refractivity contribution in [1.82, 2.24) is 24.5 Å². The first kappa shape index (κ1) is 20.8. The minimum atomic E-state index is 0.387. The van der Waals surface area contributed by atoms with Gasteiger partial charge in [0.25, 0.3) is 0 Å². The van der Waals surface area contributed by atoms with Gasteiger partial charge in [0.05, 0.1) is 0 Å². The summed E-state index contributed by atoms with van der Waals surface area (Å²) in [5.41, 5.74) is 5.52. The van der Waals surface area contributed by atoms with Crippen molar-refractivity contribution in [3.63, 3.8) is 0 Å². The Bertz CT molecular complexity index is 1200. The second-order valence-electron chi connectivity index (χ2n) is 8.37. The molecule has 4 aromatic rings. The molecule has 0 saturated carbocycles. The maximum Gasteiger partial charge on any atom is 0.150 e. The smallest absolute Gasteiger partial charge is 0.150 e. The number of hydrogen-bond donors (Lipinski definition) is 1. The summed E-state index contributed by atoms with van der Waals surface area (Å²) in [5.74, 6) is 1.28. The van der Waals surface area contributed by atoms with E-state index in [-0.39, 0.29) is 0 Å². The summed E-state index contributed by atoms with van der Waals surface area (Å²) >= 11 is 0. The van der Waals surface area contributed by atoms with Gasteiger partial charge in [-0.2, -0.15) is 9.61 Å². The number of pyridine rings is 1. The number of piperidine rings is 1. The van der Waals surface area contributed by atoms with Gasteiger partial charge in [-0.3, -0.25) is 9.88 Å². The Morgan fingerprint density at radius 2 is 1.84 bits per heavy atom. The third-order valence-electron chi connectivity index (χ3n) is 6.17. The molecule has 1 fully saturated rings. The van der Waals surface area contributed by atoms with Crippen molar-refractivity contribution in [3.05, 3.63) is 77.9 Å². The molecule has 6 nitrogen and oxygen atoms in total. The third kappa shape index (κ3) is 4.41. The zero-order valence-corrected chi connectivity index (χ0v) is 18.0. The molecule has 32 heavy (non-hydrogen) atoms. The average Bonchev–Trinajstić information content (AvgIpc) is 3.21. The van der Waals surface area contributed by atoms with E-state index in [2.05, 4.69) is 32.4 Å². The van der Waals surface area contributed by atoms with Crippen LogP contribution >= 0.6 is 0 Å². The van der Waals surface area contributed by atoms with Crippen molar-refractivity contribution in [1.29, 1.82) is 0 Å². The van der Waals surface area contributed by atoms with Crippen LogP contribution in [0.2, 0.25) is 0 Å². The van der Waals surface area contributed by atoms with Crippen LogP contribution < -0.4 is 16.2 Å². The molecule has 1 N–H and O–H groups in total. The molecule has 0 spiro atoms. The summed E-state index contributed by atoms with van der Waals surface area (Å²) in [6, 6.07) is 14.2. The summed E-state index contributed by atoms with van der Waals surface area (Å²) in [5, 5.41) is 7.90. The molecule has 8 heteroatoms. The third-order valence-corrected chi connectivity index (χ3v) is 6.17. The van der Waals surface area contributed by atoms with Crippen LogP contribution in [-0.2, 0) is 13.1 Å². The lowest BCUT2D eigenvalue weighted by atomic mass is 9.89. The molecule has 156 valence electrons. The van der Waals surface area contributed by atoms with Crippen LogP contribution in [0.25, 0.3) is 5.65 Å². The van der Waals surface area contributed by atoms with Crippen LogP contribution in [0.15, 0.2) is 61.1 Å². The molecule has 0 atom stereocenters. The molecule has 1 aliphatic rings. The van der Waals surface area contributed by atoms with Crippen LogP contribution in [0.4, 0.5) is 5.82 Å². The highest BCUT2D eigenvalue weighted by atomic mass is 15.3. The van der Waals surface area contributed by atoms with Crippen molar-refractivity contribution in [2.45, 2.75) is 31.8 Å². The van der Waals surface area contributed by atoms with E-state index >= 15 is 0 Å². The number of nitrogens with zero attached hydrogens (tertiary/aromatic N) is 5. The zero-order chi connectivity index (χ0) is 21.9. The minimum Gasteiger partial charge on any atom is -0.366 e. The monoisotopic (exact) mass is 418 g/mol. The molecule has 4 heterocycles. The van der Waals surface area contributed by atoms with E-state index in [1.807, 2.05) is 36.5 Å². The Labute approximate surface area is 190 Å². The number of benzene rings is 1. The molecule has 1 aromatic carbocycles. The average molecular weight is 418 g/mol. The summed E-state index contributed by atoms with van der Waals surface area (Å²) < 4.78 is 1.78. The molecule has 1 saturated heterocycles. The zero-order valence-electron chi connectivity index (χ0n) is 18.0. The van der Waals surface area contributed by atoms with Crippen LogP contribution in [0, 0.1) is 0 Å². The first-order valence-corrected chi connectivity index (χ1v) is 11.0. The second-order valence-corrected chi connectivity index (χ2v) is 8.37. The number of anilines is 1. The number of hydrogen-bond acceptors (Lipinski definition) is 5. The fourth-order valence-corrected chi connectivity index (χ4v) is 4.33. The number of fused-ring (bicyclic) bond motifs is 1. The van der Waals surface area contributed by atoms with Gasteiger partial charge in [-0.15, -0.1) is 0 Å². The highest BCUT2D eigenvalue weighted by Gasteiger charge is 2.23. The van der Waals surface area contributed by atoms with Crippen molar-refractivity contribution < 1.29 is 0 Å². The molecule has 3 aromatic heterocycles. The normalized spacial score (nSPS) is 15.2. The molecule has 4 radical (unpaired) electrons. The molecule has 0 unspecified atom stereocenters. The van der Waals surface area contributed by atoms with E-state index in [4.69, 9.17) is 20.7 Å². The lowest BCUT2D eigenvalue weighted by Crippen LogP contribution is -2.34. The summed E-state index contributed by atoms with van der Waals surface area (Å²) in [6.45, 7) is 3.57. The van der Waals surface area contributed by atoms with Gasteiger partial charge in [-0.05, 0) is 48.6 Å². The number of nitrogens with one attached hydrogen (secondary N) is 1. The van der Waals surface area contributed by atoms with Crippen LogP contribution in [0.5, 0.6) is 0 Å². The van der Waals surface area contributed by atoms with E-state index in [9.17, 15) is 0 Å². The Morgan fingerprint density at radius 1 is 1.00 bits per heavy atom. The first-order chi connectivity index (χ1) is 15.7. The molecular formula is C24H24B2N6. The fourth-order valence-electron chi connectivity index (χ4n) is 4.33. The summed E-state index contributed by atoms with van der Waals surface area (Å²) in [6.07, 6.45) is 7.39. The minimum absolute atomic E-state index is 0.387. The van der Waals surface area contributed by atoms with Gasteiger partial charge < -0.3 is 5.32 Å². The Balaban J connectivity index is 1.32. The van der Waals surface area contributed by atoms with Gasteiger partial charge in [0.1, 0.15) is 27.2 Å². The van der Waals surface area contributed by atoms with E-state index in [0.29, 0.717) is 23.6 Å². The molecule has 0 aliphatic carbocycles. The van der Waals surface area contributed by atoms with Crippen LogP contribution in [0.1, 0.15) is 35.6 Å². The lowest BCUT2D eigenvalue weighted by molar-refractivity contribution is 0.204. The van der Waals surface area contributed by atoms with Crippen LogP contribution in [-0.4, -0.2) is 53.3 Å². The number of likely N-dealkylation sites (tertiary alicyclic amines) is 1. The van der Waals surface area contributed by atoms with Gasteiger partial charge >= 0.3 is 0 Å². The van der Waals surface area contributed by atoms with Gasteiger partial charge in [0.2, 0.25) is 0 Å². The van der Waals surface area contributed by atoms with Crippen molar-refractivity contribution in [2.24, 2.45) is 0 Å². The van der Waals surface area contributed by atoms with E-state index in [1.165, 1.54) is 5.56 Å². The standard InChI is InChI=1S/C24H24B2N6/c25-20-6-2-1-5-19(20)16-31-10-7-18(8-11-31)22-12-23(28-14-17-4-3-9-27-13-17)32-24(30-22)21(26)15-29-32/h1-6,9,12-13,15,18,28H,7-8,10-11,14,16H2. The topological polar surface area (TPSA) is 58.4 Å². The quantitative estimate of drug-likeness (QED) is 0.484. The SMILES string of the molecule is [B]c1ccccc1CN1CCC(c2cc(NCc3cccnc3)n3ncc([B])c3n2)CC1. The highest BCUT2D eigenvalue weighted by Crippen LogP contribution is 2.29. The lowest BCUT2D eigenvalue weighted by Gasteiger charge is -2.32. The number of rotatable bonds is 6. The molecule has 0 bridgehead atoms. The highest BCUT2D eigenvalue weighted by molar-refractivity contribution is 6.36. The predicted molar refractivity (Wildman–Crippen MR) is 129 cm³/mol. The van der Waals surface area contributed by atoms with Gasteiger partial charge in [-0.25, -0.2) is 4.98 Å². The first-order valence-electron chi connectivity index (χ1n) is 11.0. The molecule has 5 rings (SSSR count). The molecular weight excluding hydrogens is 394 g/mol. The van der Waals surface area contributed by atoms with E-state index < -0.39 is 0 Å². The van der Waals surface area contributed by atoms with Crippen molar-refractivity contribution in [2.75, 3.05) is 18.4 Å². The van der Waals surface area contributed by atoms with Crippen molar-refractivity contribution >= 4 is 38.1 Å². The maximum absolute atomic E-state index is 6.17. The Hall–Kier alpha value is -3.12. The molecule has 1 aliphatic heterocycles. The summed E-state index contributed by atoms with van der Waals surface area (Å²) in [4.78, 5) is 11.5. The van der Waals surface area contributed by atoms with Gasteiger partial charge in [-0.1, -0.05) is 35.8 Å². The number of aromatic nitrogens is 4. The largest absolute Gasteiger partial charge is 0.366 e. The predicted octanol–water partition coefficient (Wildman–Crippen LogP) is 1.70. The van der Waals surface area contributed by atoms with E-state index in [0.717, 1.165) is 55.0 Å². The second kappa shape index (κ2) is 9.17. The maximum atomic E-state index is 6.17. The van der Waals surface area contributed by atoms with E-state index in [1.54, 1.807) is 16.9 Å². The van der Waals surface area contributed by atoms with Crippen molar-refractivity contribution in [3.8, 4) is 0 Å².